The van der Waals surface area contributed by atoms with Crippen molar-refractivity contribution in [2.45, 2.75) is 0 Å². The molecule has 0 saturated heterocycles. The van der Waals surface area contributed by atoms with Gasteiger partial charge >= 0.3 is 5.97 Å². The molecule has 0 spiro atoms. The maximum Gasteiger partial charge on any atom is 0.360 e. The zero-order valence-electron chi connectivity index (χ0n) is 12.9. The number of aryl methyl sites for hydroxylation is 1. The Kier molecular flexibility index (Phi) is 5.05. The highest BCUT2D eigenvalue weighted by molar-refractivity contribution is 6.05. The molecule has 0 aliphatic carbocycles. The van der Waals surface area contributed by atoms with Crippen molar-refractivity contribution in [3.05, 3.63) is 57.9 Å². The maximum atomic E-state index is 12.0. The molecule has 1 amide bonds. The third-order valence-corrected chi connectivity index (χ3v) is 2.97. The number of nitro benzene ring substituents is 1. The van der Waals surface area contributed by atoms with E-state index in [2.05, 4.69) is 15.2 Å². The monoisotopic (exact) mass is 330 g/mol. The van der Waals surface area contributed by atoms with E-state index in [-0.39, 0.29) is 17.1 Å². The largest absolute Gasteiger partial charge is 0.464 e. The maximum absolute atomic E-state index is 12.0. The molecule has 1 aromatic heterocycles. The van der Waals surface area contributed by atoms with E-state index in [1.165, 1.54) is 48.3 Å². The van der Waals surface area contributed by atoms with Crippen molar-refractivity contribution < 1.29 is 19.2 Å². The number of anilines is 1. The Labute approximate surface area is 136 Å². The lowest BCUT2D eigenvalue weighted by Gasteiger charge is -2.01. The zero-order valence-corrected chi connectivity index (χ0v) is 12.9. The molecule has 0 bridgehead atoms. The second-order valence-corrected chi connectivity index (χ2v) is 4.73. The number of nitrogens with zero attached hydrogens (tertiary/aromatic N) is 3. The number of aromatic nitrogens is 2. The second kappa shape index (κ2) is 7.18. The predicted molar refractivity (Wildman–Crippen MR) is 85.3 cm³/mol. The molecule has 0 radical (unpaired) electrons. The van der Waals surface area contributed by atoms with E-state index in [1.807, 2.05) is 0 Å². The second-order valence-electron chi connectivity index (χ2n) is 4.73. The lowest BCUT2D eigenvalue weighted by Crippen LogP contribution is -2.12. The van der Waals surface area contributed by atoms with Crippen LogP contribution in [-0.4, -0.2) is 33.7 Å². The molecule has 2 aromatic rings. The molecule has 24 heavy (non-hydrogen) atoms. The van der Waals surface area contributed by atoms with E-state index < -0.39 is 16.8 Å². The van der Waals surface area contributed by atoms with Crippen LogP contribution in [0.4, 0.5) is 11.4 Å². The summed E-state index contributed by atoms with van der Waals surface area (Å²) < 4.78 is 5.96. The number of carbonyl (C=O) groups is 2. The Morgan fingerprint density at radius 3 is 2.83 bits per heavy atom. The SMILES string of the molecule is COC(=O)c1nn(C)cc1NC(=O)/C=C/c1cccc([N+](=O)[O-])c1. The van der Waals surface area contributed by atoms with Gasteiger partial charge in [-0.05, 0) is 11.6 Å². The smallest absolute Gasteiger partial charge is 0.360 e. The average Bonchev–Trinajstić information content (AvgIpc) is 2.92. The van der Waals surface area contributed by atoms with Gasteiger partial charge in [0.25, 0.3) is 5.69 Å². The van der Waals surface area contributed by atoms with Crippen LogP contribution in [0.5, 0.6) is 0 Å². The van der Waals surface area contributed by atoms with Crippen molar-refractivity contribution in [2.24, 2.45) is 7.05 Å². The summed E-state index contributed by atoms with van der Waals surface area (Å²) in [6, 6.07) is 5.84. The summed E-state index contributed by atoms with van der Waals surface area (Å²) in [4.78, 5) is 33.7. The minimum absolute atomic E-state index is 0.0166. The molecule has 0 aliphatic heterocycles. The summed E-state index contributed by atoms with van der Waals surface area (Å²) in [5.74, 6) is -1.19. The Bertz CT molecular complexity index is 825. The fraction of sp³-hybridized carbons (Fsp3) is 0.133. The minimum atomic E-state index is -0.673. The molecule has 9 nitrogen and oxygen atoms in total. The van der Waals surface area contributed by atoms with E-state index in [9.17, 15) is 19.7 Å². The fourth-order valence-corrected chi connectivity index (χ4v) is 1.92. The van der Waals surface area contributed by atoms with Gasteiger partial charge in [-0.2, -0.15) is 5.10 Å². The van der Waals surface area contributed by atoms with E-state index >= 15 is 0 Å². The van der Waals surface area contributed by atoms with E-state index in [0.717, 1.165) is 0 Å². The summed E-state index contributed by atoms with van der Waals surface area (Å²) in [7, 11) is 2.81. The summed E-state index contributed by atoms with van der Waals surface area (Å²) in [5.41, 5.74) is 0.617. The number of nitrogens with one attached hydrogen (secondary N) is 1. The van der Waals surface area contributed by atoms with Crippen molar-refractivity contribution >= 4 is 29.3 Å². The highest BCUT2D eigenvalue weighted by Gasteiger charge is 2.17. The van der Waals surface area contributed by atoms with Crippen LogP contribution in [0.3, 0.4) is 0 Å². The lowest BCUT2D eigenvalue weighted by molar-refractivity contribution is -0.384. The molecular formula is C15H14N4O5. The van der Waals surface area contributed by atoms with E-state index in [4.69, 9.17) is 0 Å². The van der Waals surface area contributed by atoms with Crippen molar-refractivity contribution in [1.82, 2.24) is 9.78 Å². The molecule has 2 rings (SSSR count). The molecule has 1 heterocycles. The number of carbonyl (C=O) groups excluding carboxylic acids is 2. The van der Waals surface area contributed by atoms with Gasteiger partial charge in [0.05, 0.1) is 17.7 Å². The number of ether oxygens (including phenoxy) is 1. The van der Waals surface area contributed by atoms with Crippen LogP contribution < -0.4 is 5.32 Å². The first-order chi connectivity index (χ1) is 11.4. The highest BCUT2D eigenvalue weighted by atomic mass is 16.6. The fourth-order valence-electron chi connectivity index (χ4n) is 1.92. The lowest BCUT2D eigenvalue weighted by atomic mass is 10.2. The summed E-state index contributed by atoms with van der Waals surface area (Å²) in [6.07, 6.45) is 4.09. The highest BCUT2D eigenvalue weighted by Crippen LogP contribution is 2.16. The molecule has 1 aromatic carbocycles. The molecule has 1 N–H and O–H groups in total. The van der Waals surface area contributed by atoms with Gasteiger partial charge in [-0.3, -0.25) is 19.6 Å². The van der Waals surface area contributed by atoms with Gasteiger partial charge in [0.15, 0.2) is 5.69 Å². The van der Waals surface area contributed by atoms with Crippen LogP contribution in [-0.2, 0) is 16.6 Å². The number of hydrogen-bond donors (Lipinski definition) is 1. The number of non-ortho nitro benzene ring substituents is 1. The van der Waals surface area contributed by atoms with Gasteiger partial charge in [-0.25, -0.2) is 4.79 Å². The third kappa shape index (κ3) is 4.03. The molecule has 0 unspecified atom stereocenters. The van der Waals surface area contributed by atoms with Gasteiger partial charge in [0.1, 0.15) is 0 Å². The first kappa shape index (κ1) is 16.9. The number of methoxy groups -OCH3 is 1. The summed E-state index contributed by atoms with van der Waals surface area (Å²) in [5, 5.41) is 17.1. The molecule has 0 atom stereocenters. The van der Waals surface area contributed by atoms with E-state index in [1.54, 1.807) is 13.1 Å². The number of hydrogen-bond acceptors (Lipinski definition) is 6. The molecule has 124 valence electrons. The summed E-state index contributed by atoms with van der Waals surface area (Å²) in [6.45, 7) is 0. The minimum Gasteiger partial charge on any atom is -0.464 e. The quantitative estimate of drug-likeness (QED) is 0.386. The number of esters is 1. The van der Waals surface area contributed by atoms with Crippen LogP contribution in [0.25, 0.3) is 6.08 Å². The Morgan fingerprint density at radius 2 is 2.17 bits per heavy atom. The average molecular weight is 330 g/mol. The molecule has 0 saturated carbocycles. The van der Waals surface area contributed by atoms with Crippen molar-refractivity contribution in [3.8, 4) is 0 Å². The number of rotatable bonds is 5. The van der Waals surface area contributed by atoms with Crippen molar-refractivity contribution in [2.75, 3.05) is 12.4 Å². The van der Waals surface area contributed by atoms with Gasteiger partial charge < -0.3 is 10.1 Å². The van der Waals surface area contributed by atoms with Crippen LogP contribution in [0.15, 0.2) is 36.5 Å². The van der Waals surface area contributed by atoms with Gasteiger partial charge in [0.2, 0.25) is 5.91 Å². The molecule has 9 heteroatoms. The molecule has 0 aliphatic rings. The number of nitro groups is 1. The molecule has 0 fully saturated rings. The van der Waals surface area contributed by atoms with Crippen LogP contribution in [0, 0.1) is 10.1 Å². The Morgan fingerprint density at radius 1 is 1.42 bits per heavy atom. The van der Waals surface area contributed by atoms with Crippen LogP contribution in [0.1, 0.15) is 16.1 Å². The normalized spacial score (nSPS) is 10.6. The first-order valence-corrected chi connectivity index (χ1v) is 6.76. The van der Waals surface area contributed by atoms with Gasteiger partial charge in [0, 0.05) is 31.5 Å². The van der Waals surface area contributed by atoms with Crippen LogP contribution >= 0.6 is 0 Å². The first-order valence-electron chi connectivity index (χ1n) is 6.76. The zero-order chi connectivity index (χ0) is 17.7. The van der Waals surface area contributed by atoms with Gasteiger partial charge in [-0.1, -0.05) is 12.1 Å². The topological polar surface area (TPSA) is 116 Å². The predicted octanol–water partition coefficient (Wildman–Crippen LogP) is 1.77. The van der Waals surface area contributed by atoms with Crippen molar-refractivity contribution in [1.29, 1.82) is 0 Å². The Hall–Kier alpha value is -3.49. The third-order valence-electron chi connectivity index (χ3n) is 2.97. The standard InChI is InChI=1S/C15H14N4O5/c1-18-9-12(14(17-18)15(21)24-2)16-13(20)7-6-10-4-3-5-11(8-10)19(22)23/h3-9H,1-2H3,(H,16,20)/b7-6+. The molecular weight excluding hydrogens is 316 g/mol. The Balaban J connectivity index is 2.12. The van der Waals surface area contributed by atoms with Gasteiger partial charge in [-0.15, -0.1) is 0 Å². The number of amides is 1. The van der Waals surface area contributed by atoms with Crippen LogP contribution in [0.2, 0.25) is 0 Å². The van der Waals surface area contributed by atoms with Crippen molar-refractivity contribution in [3.63, 3.8) is 0 Å². The summed E-state index contributed by atoms with van der Waals surface area (Å²) >= 11 is 0. The number of benzene rings is 1. The van der Waals surface area contributed by atoms with E-state index in [0.29, 0.717) is 5.56 Å².